The lowest BCUT2D eigenvalue weighted by Crippen LogP contribution is -2.36. The molecule has 0 saturated heterocycles. The minimum atomic E-state index is 0.0151. The maximum absolute atomic E-state index is 13.2. The number of carbonyl (C=O) groups is 1. The molecule has 0 N–H and O–H groups in total. The number of hydrogen-bond acceptors (Lipinski definition) is 3. The van der Waals surface area contributed by atoms with Crippen molar-refractivity contribution in [3.8, 4) is 0 Å². The third-order valence-electron chi connectivity index (χ3n) is 5.19. The molecule has 1 aliphatic carbocycles. The van der Waals surface area contributed by atoms with Crippen molar-refractivity contribution in [2.75, 3.05) is 13.6 Å². The Morgan fingerprint density at radius 1 is 1.29 bits per heavy atom. The molecule has 1 heterocycles. The largest absolute Gasteiger partial charge is 0.345 e. The number of hydrogen-bond donors (Lipinski definition) is 0. The summed E-state index contributed by atoms with van der Waals surface area (Å²) in [5.41, 5.74) is 4.16. The van der Waals surface area contributed by atoms with Crippen molar-refractivity contribution in [1.29, 1.82) is 0 Å². The first-order valence-electron chi connectivity index (χ1n) is 8.85. The van der Waals surface area contributed by atoms with Gasteiger partial charge < -0.3 is 4.90 Å². The van der Waals surface area contributed by atoms with Crippen LogP contribution in [0.4, 0.5) is 0 Å². The van der Waals surface area contributed by atoms with E-state index in [-0.39, 0.29) is 11.8 Å². The van der Waals surface area contributed by atoms with Gasteiger partial charge in [-0.25, -0.2) is 4.98 Å². The fourth-order valence-corrected chi connectivity index (χ4v) is 4.52. The van der Waals surface area contributed by atoms with Crippen molar-refractivity contribution < 1.29 is 4.79 Å². The molecule has 1 amide bonds. The zero-order valence-corrected chi connectivity index (χ0v) is 15.4. The zero-order valence-electron chi connectivity index (χ0n) is 14.6. The Hall–Kier alpha value is -1.68. The van der Waals surface area contributed by atoms with Crippen molar-refractivity contribution in [1.82, 2.24) is 9.88 Å². The number of benzene rings is 1. The van der Waals surface area contributed by atoms with Crippen molar-refractivity contribution in [3.05, 3.63) is 52.0 Å². The summed E-state index contributed by atoms with van der Waals surface area (Å²) in [4.78, 5) is 20.7. The van der Waals surface area contributed by atoms with Crippen molar-refractivity contribution in [2.24, 2.45) is 5.92 Å². The summed E-state index contributed by atoms with van der Waals surface area (Å²) in [6, 6.07) is 10.3. The van der Waals surface area contributed by atoms with Crippen LogP contribution in [0.25, 0.3) is 0 Å². The maximum atomic E-state index is 13.2. The minimum Gasteiger partial charge on any atom is -0.345 e. The second kappa shape index (κ2) is 7.93. The van der Waals surface area contributed by atoms with E-state index in [1.807, 2.05) is 42.6 Å². The van der Waals surface area contributed by atoms with E-state index in [0.29, 0.717) is 5.92 Å². The summed E-state index contributed by atoms with van der Waals surface area (Å²) >= 11 is 1.68. The number of rotatable bonds is 6. The molecule has 1 fully saturated rings. The number of aromatic nitrogens is 1. The van der Waals surface area contributed by atoms with Gasteiger partial charge in [0.15, 0.2) is 0 Å². The SMILES string of the molecule is Cc1ncsc1CCN(C)C(=O)[C@H](c1ccccc1)C1CCCC1. The quantitative estimate of drug-likeness (QED) is 0.778. The van der Waals surface area contributed by atoms with E-state index in [2.05, 4.69) is 17.1 Å². The number of carbonyl (C=O) groups excluding carboxylic acids is 1. The predicted octanol–water partition coefficient (Wildman–Crippen LogP) is 4.43. The second-order valence-corrected chi connectivity index (χ2v) is 7.74. The van der Waals surface area contributed by atoms with E-state index in [0.717, 1.165) is 18.7 Å². The summed E-state index contributed by atoms with van der Waals surface area (Å²) in [5.74, 6) is 0.781. The van der Waals surface area contributed by atoms with Crippen LogP contribution >= 0.6 is 11.3 Å². The van der Waals surface area contributed by atoms with Crippen LogP contribution in [0.15, 0.2) is 35.8 Å². The highest BCUT2D eigenvalue weighted by Crippen LogP contribution is 2.38. The molecule has 0 bridgehead atoms. The van der Waals surface area contributed by atoms with Crippen LogP contribution in [-0.4, -0.2) is 29.4 Å². The number of thiazole rings is 1. The van der Waals surface area contributed by atoms with Crippen molar-refractivity contribution in [2.45, 2.75) is 44.9 Å². The van der Waals surface area contributed by atoms with Crippen LogP contribution in [0.1, 0.15) is 47.7 Å². The molecule has 128 valence electrons. The molecule has 0 radical (unpaired) electrons. The molecule has 24 heavy (non-hydrogen) atoms. The average Bonchev–Trinajstić information content (AvgIpc) is 3.26. The van der Waals surface area contributed by atoms with Crippen LogP contribution in [0.5, 0.6) is 0 Å². The molecule has 2 aromatic rings. The minimum absolute atomic E-state index is 0.0151. The maximum Gasteiger partial charge on any atom is 0.230 e. The third kappa shape index (κ3) is 3.86. The van der Waals surface area contributed by atoms with Gasteiger partial charge in [-0.05, 0) is 31.2 Å². The van der Waals surface area contributed by atoms with E-state index in [1.54, 1.807) is 11.3 Å². The van der Waals surface area contributed by atoms with E-state index in [1.165, 1.54) is 36.1 Å². The van der Waals surface area contributed by atoms with Crippen LogP contribution in [0.2, 0.25) is 0 Å². The molecule has 1 atom stereocenters. The van der Waals surface area contributed by atoms with Gasteiger partial charge in [0.1, 0.15) is 0 Å². The van der Waals surface area contributed by atoms with Gasteiger partial charge in [0.2, 0.25) is 5.91 Å². The van der Waals surface area contributed by atoms with Gasteiger partial charge in [0.05, 0.1) is 17.1 Å². The van der Waals surface area contributed by atoms with Crippen LogP contribution in [0.3, 0.4) is 0 Å². The number of amides is 1. The lowest BCUT2D eigenvalue weighted by atomic mass is 9.83. The molecular weight excluding hydrogens is 316 g/mol. The highest BCUT2D eigenvalue weighted by Gasteiger charge is 2.33. The smallest absolute Gasteiger partial charge is 0.230 e. The Balaban J connectivity index is 1.71. The lowest BCUT2D eigenvalue weighted by molar-refractivity contribution is -0.132. The predicted molar refractivity (Wildman–Crippen MR) is 99.3 cm³/mol. The first kappa shape index (κ1) is 17.2. The highest BCUT2D eigenvalue weighted by atomic mass is 32.1. The summed E-state index contributed by atoms with van der Waals surface area (Å²) in [6.45, 7) is 2.80. The second-order valence-electron chi connectivity index (χ2n) is 6.80. The van der Waals surface area contributed by atoms with E-state index >= 15 is 0 Å². The Morgan fingerprint density at radius 3 is 2.62 bits per heavy atom. The van der Waals surface area contributed by atoms with Crippen LogP contribution in [-0.2, 0) is 11.2 Å². The molecule has 3 nitrogen and oxygen atoms in total. The summed E-state index contributed by atoms with van der Waals surface area (Å²) in [5, 5.41) is 0. The van der Waals surface area contributed by atoms with Crippen LogP contribution < -0.4 is 0 Å². The summed E-state index contributed by atoms with van der Waals surface area (Å²) in [7, 11) is 1.95. The standard InChI is InChI=1S/C20H26N2OS/c1-15-18(24-14-21-15)12-13-22(2)20(23)19(17-10-6-7-11-17)16-8-4-3-5-9-16/h3-5,8-9,14,17,19H,6-7,10-13H2,1-2H3/t19-/m1/s1. The lowest BCUT2D eigenvalue weighted by Gasteiger charge is -2.28. The molecule has 0 unspecified atom stereocenters. The molecule has 1 aliphatic rings. The van der Waals surface area contributed by atoms with Gasteiger partial charge >= 0.3 is 0 Å². The Labute approximate surface area is 148 Å². The van der Waals surface area contributed by atoms with E-state index in [9.17, 15) is 4.79 Å². The van der Waals surface area contributed by atoms with Gasteiger partial charge in [-0.3, -0.25) is 4.79 Å². The highest BCUT2D eigenvalue weighted by molar-refractivity contribution is 7.09. The molecule has 1 aromatic carbocycles. The first-order valence-corrected chi connectivity index (χ1v) is 9.73. The van der Waals surface area contributed by atoms with Gasteiger partial charge in [0, 0.05) is 24.9 Å². The molecule has 3 rings (SSSR count). The number of nitrogens with zero attached hydrogens (tertiary/aromatic N) is 2. The first-order chi connectivity index (χ1) is 11.7. The van der Waals surface area contributed by atoms with Gasteiger partial charge in [-0.1, -0.05) is 43.2 Å². The fourth-order valence-electron chi connectivity index (χ4n) is 3.75. The molecule has 1 aromatic heterocycles. The fraction of sp³-hybridized carbons (Fsp3) is 0.500. The van der Waals surface area contributed by atoms with E-state index in [4.69, 9.17) is 0 Å². The third-order valence-corrected chi connectivity index (χ3v) is 6.19. The van der Waals surface area contributed by atoms with Crippen molar-refractivity contribution in [3.63, 3.8) is 0 Å². The zero-order chi connectivity index (χ0) is 16.9. The van der Waals surface area contributed by atoms with E-state index < -0.39 is 0 Å². The number of aryl methyl sites for hydroxylation is 1. The normalized spacial score (nSPS) is 16.2. The molecule has 4 heteroatoms. The molecule has 1 saturated carbocycles. The van der Waals surface area contributed by atoms with Gasteiger partial charge in [-0.15, -0.1) is 11.3 Å². The molecule has 0 spiro atoms. The monoisotopic (exact) mass is 342 g/mol. The van der Waals surface area contributed by atoms with Crippen LogP contribution in [0, 0.1) is 12.8 Å². The molecule has 0 aliphatic heterocycles. The number of likely N-dealkylation sites (N-methyl/N-ethyl adjacent to an activating group) is 1. The summed E-state index contributed by atoms with van der Waals surface area (Å²) < 4.78 is 0. The Morgan fingerprint density at radius 2 is 2.00 bits per heavy atom. The Kier molecular flexibility index (Phi) is 5.67. The molecular formula is C20H26N2OS. The Bertz CT molecular complexity index is 661. The van der Waals surface area contributed by atoms with Gasteiger partial charge in [-0.2, -0.15) is 0 Å². The topological polar surface area (TPSA) is 33.2 Å². The average molecular weight is 343 g/mol. The van der Waals surface area contributed by atoms with Gasteiger partial charge in [0.25, 0.3) is 0 Å². The van der Waals surface area contributed by atoms with Crippen molar-refractivity contribution >= 4 is 17.2 Å². The summed E-state index contributed by atoms with van der Waals surface area (Å²) in [6.07, 6.45) is 5.75.